The highest BCUT2D eigenvalue weighted by molar-refractivity contribution is 4.92. The number of nitrogens with two attached hydrogens (primary N) is 1. The summed E-state index contributed by atoms with van der Waals surface area (Å²) in [6, 6.07) is 0. The van der Waals surface area contributed by atoms with Crippen molar-refractivity contribution in [3.8, 4) is 0 Å². The Bertz CT molecular complexity index is 294. The fraction of sp³-hybridized carbons (Fsp3) is 0.889. The van der Waals surface area contributed by atoms with Crippen molar-refractivity contribution in [1.29, 1.82) is 0 Å². The third-order valence-corrected chi connectivity index (χ3v) is 2.62. The number of hydrogen-bond acceptors (Lipinski definition) is 5. The van der Waals surface area contributed by atoms with Gasteiger partial charge in [-0.3, -0.25) is 0 Å². The van der Waals surface area contributed by atoms with E-state index in [1.165, 1.54) is 0 Å². The van der Waals surface area contributed by atoms with Crippen LogP contribution in [0.4, 0.5) is 0 Å². The number of hydrogen-bond donors (Lipinski definition) is 1. The van der Waals surface area contributed by atoms with Gasteiger partial charge in [0.1, 0.15) is 0 Å². The Kier molecular flexibility index (Phi) is 3.63. The van der Waals surface area contributed by atoms with Gasteiger partial charge in [-0.2, -0.15) is 4.80 Å². The van der Waals surface area contributed by atoms with Crippen LogP contribution in [0.2, 0.25) is 0 Å². The number of rotatable bonds is 4. The molecule has 0 bridgehead atoms. The fourth-order valence-electron chi connectivity index (χ4n) is 1.70. The van der Waals surface area contributed by atoms with E-state index in [-0.39, 0.29) is 0 Å². The molecule has 1 fully saturated rings. The molecular formula is C9H17N5O. The van der Waals surface area contributed by atoms with Crippen LogP contribution >= 0.6 is 0 Å². The molecule has 2 heterocycles. The number of aromatic nitrogens is 4. The zero-order valence-electron chi connectivity index (χ0n) is 8.80. The number of aryl methyl sites for hydroxylation is 1. The maximum absolute atomic E-state index is 5.42. The average molecular weight is 211 g/mol. The maximum atomic E-state index is 5.42. The Hall–Kier alpha value is -1.01. The van der Waals surface area contributed by atoms with Crippen molar-refractivity contribution in [2.75, 3.05) is 19.8 Å². The zero-order valence-corrected chi connectivity index (χ0v) is 8.80. The van der Waals surface area contributed by atoms with E-state index in [1.807, 2.05) is 0 Å². The summed E-state index contributed by atoms with van der Waals surface area (Å²) in [7, 11) is 0. The molecule has 0 spiro atoms. The van der Waals surface area contributed by atoms with E-state index < -0.39 is 0 Å². The van der Waals surface area contributed by atoms with Gasteiger partial charge in [-0.25, -0.2) is 0 Å². The topological polar surface area (TPSA) is 78.9 Å². The summed E-state index contributed by atoms with van der Waals surface area (Å²) < 4.78 is 5.29. The van der Waals surface area contributed by atoms with Crippen molar-refractivity contribution < 1.29 is 4.74 Å². The van der Waals surface area contributed by atoms with Crippen molar-refractivity contribution in [3.05, 3.63) is 5.82 Å². The highest BCUT2D eigenvalue weighted by Gasteiger charge is 2.20. The molecule has 0 amide bonds. The number of ether oxygens (including phenoxy) is 1. The summed E-state index contributed by atoms with van der Waals surface area (Å²) in [5.41, 5.74) is 5.42. The summed E-state index contributed by atoms with van der Waals surface area (Å²) >= 11 is 0. The van der Waals surface area contributed by atoms with Crippen LogP contribution in [0.15, 0.2) is 0 Å². The Labute approximate surface area is 88.8 Å². The van der Waals surface area contributed by atoms with Gasteiger partial charge in [0.15, 0.2) is 5.82 Å². The second-order valence-electron chi connectivity index (χ2n) is 3.77. The van der Waals surface area contributed by atoms with Crippen LogP contribution in [-0.2, 0) is 11.3 Å². The molecule has 0 atom stereocenters. The maximum Gasteiger partial charge on any atom is 0.178 e. The van der Waals surface area contributed by atoms with Gasteiger partial charge in [-0.15, -0.1) is 10.2 Å². The molecule has 1 aliphatic heterocycles. The lowest BCUT2D eigenvalue weighted by atomic mass is 10.00. The van der Waals surface area contributed by atoms with Crippen molar-refractivity contribution >= 4 is 0 Å². The molecule has 0 aliphatic carbocycles. The van der Waals surface area contributed by atoms with Crippen molar-refractivity contribution in [3.63, 3.8) is 0 Å². The predicted molar refractivity (Wildman–Crippen MR) is 54.3 cm³/mol. The first-order valence-corrected chi connectivity index (χ1v) is 5.45. The standard InChI is InChI=1S/C9H17N5O/c10-4-1-5-14-12-9(11-13-14)8-2-6-15-7-3-8/h8H,1-7,10H2. The summed E-state index contributed by atoms with van der Waals surface area (Å²) in [5.74, 6) is 1.28. The molecule has 6 heteroatoms. The second-order valence-corrected chi connectivity index (χ2v) is 3.77. The Morgan fingerprint density at radius 1 is 1.40 bits per heavy atom. The van der Waals surface area contributed by atoms with E-state index in [0.717, 1.165) is 44.8 Å². The molecule has 2 rings (SSSR count). The van der Waals surface area contributed by atoms with Gasteiger partial charge in [0.2, 0.25) is 0 Å². The van der Waals surface area contributed by atoms with Gasteiger partial charge in [0, 0.05) is 19.1 Å². The molecule has 1 aromatic heterocycles. The molecule has 6 nitrogen and oxygen atoms in total. The van der Waals surface area contributed by atoms with Crippen LogP contribution in [0.5, 0.6) is 0 Å². The number of nitrogens with zero attached hydrogens (tertiary/aromatic N) is 4. The van der Waals surface area contributed by atoms with E-state index in [1.54, 1.807) is 4.80 Å². The van der Waals surface area contributed by atoms with Crippen LogP contribution in [0.3, 0.4) is 0 Å². The lowest BCUT2D eigenvalue weighted by Crippen LogP contribution is -2.15. The lowest BCUT2D eigenvalue weighted by Gasteiger charge is -2.18. The minimum absolute atomic E-state index is 0.422. The van der Waals surface area contributed by atoms with E-state index in [0.29, 0.717) is 12.5 Å². The molecule has 0 aromatic carbocycles. The van der Waals surface area contributed by atoms with Crippen LogP contribution in [-0.4, -0.2) is 40.0 Å². The third-order valence-electron chi connectivity index (χ3n) is 2.62. The van der Waals surface area contributed by atoms with Crippen LogP contribution in [0, 0.1) is 0 Å². The summed E-state index contributed by atoms with van der Waals surface area (Å²) in [4.78, 5) is 1.64. The Morgan fingerprint density at radius 3 is 2.93 bits per heavy atom. The quantitative estimate of drug-likeness (QED) is 0.753. The SMILES string of the molecule is NCCCn1nnc(C2CCOCC2)n1. The molecule has 15 heavy (non-hydrogen) atoms. The first-order chi connectivity index (χ1) is 7.40. The van der Waals surface area contributed by atoms with Crippen LogP contribution in [0.25, 0.3) is 0 Å². The van der Waals surface area contributed by atoms with Gasteiger partial charge in [0.25, 0.3) is 0 Å². The molecule has 1 aromatic rings. The monoisotopic (exact) mass is 211 g/mol. The highest BCUT2D eigenvalue weighted by atomic mass is 16.5. The van der Waals surface area contributed by atoms with Crippen molar-refractivity contribution in [1.82, 2.24) is 20.2 Å². The van der Waals surface area contributed by atoms with Crippen LogP contribution < -0.4 is 5.73 Å². The van der Waals surface area contributed by atoms with Gasteiger partial charge in [-0.1, -0.05) is 0 Å². The summed E-state index contributed by atoms with van der Waals surface area (Å²) in [6.45, 7) is 3.03. The molecule has 0 saturated carbocycles. The fourth-order valence-corrected chi connectivity index (χ4v) is 1.70. The smallest absolute Gasteiger partial charge is 0.178 e. The van der Waals surface area contributed by atoms with E-state index in [4.69, 9.17) is 10.5 Å². The van der Waals surface area contributed by atoms with Gasteiger partial charge in [0.05, 0.1) is 6.54 Å². The summed E-state index contributed by atoms with van der Waals surface area (Å²) in [5, 5.41) is 12.4. The van der Waals surface area contributed by atoms with Crippen LogP contribution in [0.1, 0.15) is 31.0 Å². The molecule has 1 saturated heterocycles. The minimum Gasteiger partial charge on any atom is -0.381 e. The molecular weight excluding hydrogens is 194 g/mol. The van der Waals surface area contributed by atoms with Gasteiger partial charge < -0.3 is 10.5 Å². The largest absolute Gasteiger partial charge is 0.381 e. The predicted octanol–water partition coefficient (Wildman–Crippen LogP) is -0.0841. The van der Waals surface area contributed by atoms with Crippen molar-refractivity contribution in [2.45, 2.75) is 31.7 Å². The van der Waals surface area contributed by atoms with E-state index in [2.05, 4.69) is 15.4 Å². The van der Waals surface area contributed by atoms with E-state index in [9.17, 15) is 0 Å². The third kappa shape index (κ3) is 2.73. The zero-order chi connectivity index (χ0) is 10.5. The summed E-state index contributed by atoms with van der Waals surface area (Å²) in [6.07, 6.45) is 2.90. The first kappa shape index (κ1) is 10.5. The van der Waals surface area contributed by atoms with Gasteiger partial charge in [-0.05, 0) is 31.0 Å². The van der Waals surface area contributed by atoms with Gasteiger partial charge >= 0.3 is 0 Å². The Balaban J connectivity index is 1.93. The lowest BCUT2D eigenvalue weighted by molar-refractivity contribution is 0.0835. The molecule has 0 unspecified atom stereocenters. The molecule has 84 valence electrons. The highest BCUT2D eigenvalue weighted by Crippen LogP contribution is 2.22. The number of tetrazole rings is 1. The second kappa shape index (κ2) is 5.18. The normalized spacial score (nSPS) is 18.2. The molecule has 1 aliphatic rings. The first-order valence-electron chi connectivity index (χ1n) is 5.45. The molecule has 2 N–H and O–H groups in total. The molecule has 0 radical (unpaired) electrons. The van der Waals surface area contributed by atoms with E-state index >= 15 is 0 Å². The van der Waals surface area contributed by atoms with Crippen molar-refractivity contribution in [2.24, 2.45) is 5.73 Å². The Morgan fingerprint density at radius 2 is 2.20 bits per heavy atom. The average Bonchev–Trinajstić information content (AvgIpc) is 2.76. The minimum atomic E-state index is 0.422.